The van der Waals surface area contributed by atoms with E-state index in [0.29, 0.717) is 22.9 Å². The number of aromatic nitrogens is 7. The number of hydrogen-bond acceptors (Lipinski definition) is 9. The maximum Gasteiger partial charge on any atom is 0.243 e. The first-order valence-electron chi connectivity index (χ1n) is 10.8. The zero-order chi connectivity index (χ0) is 26.0. The molecule has 0 aliphatic carbocycles. The summed E-state index contributed by atoms with van der Waals surface area (Å²) in [6.07, 6.45) is 1.99. The number of benzene rings is 1. The first-order valence-corrected chi connectivity index (χ1v) is 12.4. The van der Waals surface area contributed by atoms with Crippen molar-refractivity contribution >= 4 is 16.0 Å². The van der Waals surface area contributed by atoms with Gasteiger partial charge in [-0.05, 0) is 32.0 Å². The Kier molecular flexibility index (Phi) is 6.88. The number of rotatable bonds is 9. The van der Waals surface area contributed by atoms with Crippen LogP contribution >= 0.6 is 0 Å². The van der Waals surface area contributed by atoms with Gasteiger partial charge in [-0.2, -0.15) is 5.10 Å². The third-order valence-corrected chi connectivity index (χ3v) is 7.55. The average molecular weight is 517 g/mol. The lowest BCUT2D eigenvalue weighted by Gasteiger charge is -2.21. The highest BCUT2D eigenvalue weighted by Gasteiger charge is 2.32. The molecule has 0 amide bonds. The Balaban J connectivity index is 1.81. The molecule has 14 heteroatoms. The van der Waals surface area contributed by atoms with E-state index in [9.17, 15) is 12.8 Å². The minimum atomic E-state index is -4.06. The van der Waals surface area contributed by atoms with E-state index in [1.54, 1.807) is 31.2 Å². The second-order valence-corrected chi connectivity index (χ2v) is 10.1. The lowest BCUT2D eigenvalue weighted by atomic mass is 10.1. The van der Waals surface area contributed by atoms with Crippen molar-refractivity contribution in [3.63, 3.8) is 0 Å². The molecule has 0 bridgehead atoms. The molecule has 2 unspecified atom stereocenters. The largest absolute Gasteiger partial charge is 0.494 e. The predicted octanol–water partition coefficient (Wildman–Crippen LogP) is 2.85. The van der Waals surface area contributed by atoms with Crippen LogP contribution < -0.4 is 14.2 Å². The number of ether oxygens (including phenoxy) is 2. The second kappa shape index (κ2) is 9.89. The van der Waals surface area contributed by atoms with E-state index in [2.05, 4.69) is 35.1 Å². The van der Waals surface area contributed by atoms with Crippen molar-refractivity contribution in [2.24, 2.45) is 0 Å². The highest BCUT2D eigenvalue weighted by molar-refractivity contribution is 7.93. The van der Waals surface area contributed by atoms with Crippen LogP contribution in [0.2, 0.25) is 0 Å². The standard InChI is InChI=1S/C22H25FN8O4S/c1-12-9-16(27-26-12)21-28-29-22(31(21)19-17(34-4)7-6-8-18(19)35-5)30-36(32,33)14(3)13(2)20-24-10-15(23)11-25-20/h6-11,13-14H,1-5H3,(H,26,27)(H,29,30). The molecule has 0 saturated carbocycles. The summed E-state index contributed by atoms with van der Waals surface area (Å²) < 4.78 is 55.2. The van der Waals surface area contributed by atoms with Crippen LogP contribution in [0.1, 0.15) is 31.3 Å². The number of para-hydroxylation sites is 1. The number of hydrogen-bond donors (Lipinski definition) is 2. The van der Waals surface area contributed by atoms with Crippen LogP contribution in [0.3, 0.4) is 0 Å². The van der Waals surface area contributed by atoms with Crippen LogP contribution in [0.4, 0.5) is 10.3 Å². The molecule has 0 spiro atoms. The van der Waals surface area contributed by atoms with E-state index in [4.69, 9.17) is 9.47 Å². The van der Waals surface area contributed by atoms with Gasteiger partial charge in [0.1, 0.15) is 28.7 Å². The summed E-state index contributed by atoms with van der Waals surface area (Å²) in [4.78, 5) is 7.84. The molecule has 2 atom stereocenters. The van der Waals surface area contributed by atoms with Crippen LogP contribution in [0.5, 0.6) is 11.5 Å². The zero-order valence-corrected chi connectivity index (χ0v) is 21.0. The number of aryl methyl sites for hydroxylation is 1. The molecular formula is C22H25FN8O4S. The molecule has 0 aliphatic heterocycles. The fraction of sp³-hybridized carbons (Fsp3) is 0.318. The normalized spacial score (nSPS) is 13.3. The molecule has 190 valence electrons. The summed E-state index contributed by atoms with van der Waals surface area (Å²) >= 11 is 0. The SMILES string of the molecule is COc1cccc(OC)c1-n1c(NS(=O)(=O)C(C)C(C)c2ncc(F)cn2)nnc1-c1cc(C)[nH]n1. The van der Waals surface area contributed by atoms with E-state index in [-0.39, 0.29) is 17.6 Å². The quantitative estimate of drug-likeness (QED) is 0.342. The van der Waals surface area contributed by atoms with Gasteiger partial charge in [0, 0.05) is 11.6 Å². The van der Waals surface area contributed by atoms with Crippen molar-refractivity contribution < 1.29 is 22.3 Å². The van der Waals surface area contributed by atoms with Gasteiger partial charge in [-0.25, -0.2) is 22.8 Å². The Hall–Kier alpha value is -4.07. The first kappa shape index (κ1) is 25.0. The molecule has 0 radical (unpaired) electrons. The van der Waals surface area contributed by atoms with Crippen molar-refractivity contribution in [2.45, 2.75) is 31.9 Å². The summed E-state index contributed by atoms with van der Waals surface area (Å²) in [6.45, 7) is 4.97. The third kappa shape index (κ3) is 4.71. The van der Waals surface area contributed by atoms with Crippen LogP contribution in [0, 0.1) is 12.7 Å². The fourth-order valence-electron chi connectivity index (χ4n) is 3.57. The molecule has 4 aromatic rings. The second-order valence-electron chi connectivity index (χ2n) is 8.03. The number of H-pyrrole nitrogens is 1. The Morgan fingerprint density at radius 3 is 2.28 bits per heavy atom. The molecule has 3 heterocycles. The number of halogens is 1. The number of anilines is 1. The number of nitrogens with zero attached hydrogens (tertiary/aromatic N) is 6. The van der Waals surface area contributed by atoms with Gasteiger partial charge in [-0.1, -0.05) is 13.0 Å². The number of aromatic amines is 1. The zero-order valence-electron chi connectivity index (χ0n) is 20.2. The minimum absolute atomic E-state index is 0.104. The smallest absolute Gasteiger partial charge is 0.243 e. The fourth-order valence-corrected chi connectivity index (χ4v) is 4.80. The molecule has 2 N–H and O–H groups in total. The van der Waals surface area contributed by atoms with E-state index in [1.165, 1.54) is 25.7 Å². The van der Waals surface area contributed by atoms with Crippen molar-refractivity contribution in [2.75, 3.05) is 18.9 Å². The molecule has 36 heavy (non-hydrogen) atoms. The van der Waals surface area contributed by atoms with Gasteiger partial charge in [-0.3, -0.25) is 14.4 Å². The Labute approximate surface area is 207 Å². The van der Waals surface area contributed by atoms with Crippen LogP contribution in [0.15, 0.2) is 36.7 Å². The topological polar surface area (TPSA) is 150 Å². The van der Waals surface area contributed by atoms with Crippen molar-refractivity contribution in [3.05, 3.63) is 54.0 Å². The monoisotopic (exact) mass is 516 g/mol. The summed E-state index contributed by atoms with van der Waals surface area (Å²) in [5.41, 5.74) is 1.58. The predicted molar refractivity (Wildman–Crippen MR) is 129 cm³/mol. The summed E-state index contributed by atoms with van der Waals surface area (Å²) in [7, 11) is -1.09. The van der Waals surface area contributed by atoms with Crippen LogP contribution in [-0.2, 0) is 10.0 Å². The van der Waals surface area contributed by atoms with E-state index < -0.39 is 27.0 Å². The van der Waals surface area contributed by atoms with Crippen LogP contribution in [0.25, 0.3) is 17.2 Å². The number of methoxy groups -OCH3 is 2. The molecule has 4 rings (SSSR count). The third-order valence-electron chi connectivity index (χ3n) is 5.70. The van der Waals surface area contributed by atoms with Gasteiger partial charge < -0.3 is 9.47 Å². The van der Waals surface area contributed by atoms with Crippen LogP contribution in [-0.4, -0.2) is 62.8 Å². The molecule has 3 aromatic heterocycles. The molecule has 0 fully saturated rings. The first-order chi connectivity index (χ1) is 17.2. The molecule has 0 saturated heterocycles. The van der Waals surface area contributed by atoms with Gasteiger partial charge in [0.25, 0.3) is 0 Å². The Morgan fingerprint density at radius 2 is 1.72 bits per heavy atom. The van der Waals surface area contributed by atoms with Gasteiger partial charge in [0.15, 0.2) is 11.6 Å². The highest BCUT2D eigenvalue weighted by Crippen LogP contribution is 2.37. The highest BCUT2D eigenvalue weighted by atomic mass is 32.2. The lowest BCUT2D eigenvalue weighted by molar-refractivity contribution is 0.391. The van der Waals surface area contributed by atoms with Gasteiger partial charge in [0.05, 0.1) is 31.9 Å². The molecule has 0 aliphatic rings. The molecule has 12 nitrogen and oxygen atoms in total. The Morgan fingerprint density at radius 1 is 1.08 bits per heavy atom. The van der Waals surface area contributed by atoms with Gasteiger partial charge in [0.2, 0.25) is 16.0 Å². The van der Waals surface area contributed by atoms with Crippen molar-refractivity contribution in [1.82, 2.24) is 34.9 Å². The van der Waals surface area contributed by atoms with Crippen molar-refractivity contribution in [1.29, 1.82) is 0 Å². The number of nitrogens with one attached hydrogen (secondary N) is 2. The summed E-state index contributed by atoms with van der Waals surface area (Å²) in [5.74, 6) is -0.147. The number of sulfonamides is 1. The van der Waals surface area contributed by atoms with Gasteiger partial charge in [-0.15, -0.1) is 10.2 Å². The molecular weight excluding hydrogens is 491 g/mol. The van der Waals surface area contributed by atoms with E-state index in [1.807, 2.05) is 6.92 Å². The van der Waals surface area contributed by atoms with Crippen molar-refractivity contribution in [3.8, 4) is 28.7 Å². The summed E-state index contributed by atoms with van der Waals surface area (Å²) in [5, 5.41) is 14.4. The molecule has 1 aromatic carbocycles. The Bertz CT molecular complexity index is 1450. The minimum Gasteiger partial charge on any atom is -0.494 e. The lowest BCUT2D eigenvalue weighted by Crippen LogP contribution is -2.31. The summed E-state index contributed by atoms with van der Waals surface area (Å²) in [6, 6.07) is 6.88. The maximum absolute atomic E-state index is 13.4. The van der Waals surface area contributed by atoms with E-state index in [0.717, 1.165) is 18.1 Å². The van der Waals surface area contributed by atoms with E-state index >= 15 is 0 Å². The maximum atomic E-state index is 13.4. The average Bonchev–Trinajstić information content (AvgIpc) is 3.48. The van der Waals surface area contributed by atoms with Gasteiger partial charge >= 0.3 is 0 Å².